The fourth-order valence-corrected chi connectivity index (χ4v) is 5.44. The molecule has 0 atom stereocenters. The van der Waals surface area contributed by atoms with Crippen LogP contribution in [0.2, 0.25) is 5.02 Å². The Kier molecular flexibility index (Phi) is 2.41. The molecule has 0 aliphatic carbocycles. The van der Waals surface area contributed by atoms with Gasteiger partial charge in [0.2, 0.25) is 0 Å². The molecule has 4 heteroatoms. The van der Waals surface area contributed by atoms with E-state index >= 15 is 0 Å². The van der Waals surface area contributed by atoms with Crippen LogP contribution in [0, 0.1) is 0 Å². The maximum Gasteiger partial charge on any atom is 0.0417 e. The van der Waals surface area contributed by atoms with Gasteiger partial charge >= 0.3 is 0 Å². The Hall–Kier alpha value is -0.340. The van der Waals surface area contributed by atoms with Gasteiger partial charge in [-0.25, -0.2) is 0 Å². The second-order valence-corrected chi connectivity index (χ2v) is 9.11. The standard InChI is InChI=1S/C12H7Cl3S/c13-8-5-6-10-9-3-1-2-4-11(9)16(14,15)12(10)7-8/h1-7H. The lowest BCUT2D eigenvalue weighted by Gasteiger charge is -2.20. The van der Waals surface area contributed by atoms with Crippen LogP contribution >= 0.6 is 41.4 Å². The van der Waals surface area contributed by atoms with Crippen LogP contribution < -0.4 is 0 Å². The van der Waals surface area contributed by atoms with Gasteiger partial charge in [0.25, 0.3) is 0 Å². The predicted octanol–water partition coefficient (Wildman–Crippen LogP) is 5.85. The maximum absolute atomic E-state index is 6.49. The van der Waals surface area contributed by atoms with Crippen molar-refractivity contribution in [3.63, 3.8) is 0 Å². The minimum Gasteiger partial charge on any atom is -0.0843 e. The van der Waals surface area contributed by atoms with Gasteiger partial charge in [0, 0.05) is 14.8 Å². The van der Waals surface area contributed by atoms with Crippen LogP contribution in [0.15, 0.2) is 52.3 Å². The molecule has 0 nitrogen and oxygen atoms in total. The fraction of sp³-hybridized carbons (Fsp3) is 0. The Morgan fingerprint density at radius 1 is 0.812 bits per heavy atom. The van der Waals surface area contributed by atoms with Crippen molar-refractivity contribution in [3.05, 3.63) is 47.5 Å². The summed E-state index contributed by atoms with van der Waals surface area (Å²) in [6.45, 7) is 0. The third-order valence-electron chi connectivity index (χ3n) is 2.67. The second-order valence-electron chi connectivity index (χ2n) is 3.61. The molecule has 0 bridgehead atoms. The average molecular weight is 290 g/mol. The van der Waals surface area contributed by atoms with E-state index in [1.807, 2.05) is 42.5 Å². The molecule has 2 aromatic carbocycles. The molecule has 0 saturated heterocycles. The van der Waals surface area contributed by atoms with Gasteiger partial charge < -0.3 is 0 Å². The summed E-state index contributed by atoms with van der Waals surface area (Å²) in [4.78, 5) is 1.96. The smallest absolute Gasteiger partial charge is 0.0417 e. The van der Waals surface area contributed by atoms with E-state index in [2.05, 4.69) is 0 Å². The maximum atomic E-state index is 6.49. The number of fused-ring (bicyclic) bond motifs is 3. The number of hydrogen-bond donors (Lipinski definition) is 0. The van der Waals surface area contributed by atoms with Crippen molar-refractivity contribution in [2.45, 2.75) is 9.79 Å². The summed E-state index contributed by atoms with van der Waals surface area (Å²) in [5, 5.41) is 0.671. The van der Waals surface area contributed by atoms with Crippen molar-refractivity contribution in [2.75, 3.05) is 0 Å². The molecule has 3 rings (SSSR count). The number of hydrogen-bond acceptors (Lipinski definition) is 0. The van der Waals surface area contributed by atoms with E-state index in [0.717, 1.165) is 20.9 Å². The van der Waals surface area contributed by atoms with E-state index in [9.17, 15) is 0 Å². The highest BCUT2D eigenvalue weighted by Gasteiger charge is 2.35. The highest BCUT2D eigenvalue weighted by molar-refractivity contribution is 8.66. The van der Waals surface area contributed by atoms with Crippen molar-refractivity contribution in [2.24, 2.45) is 0 Å². The molecule has 0 spiro atoms. The summed E-state index contributed by atoms with van der Waals surface area (Å²) < 4.78 is 0. The number of benzene rings is 2. The van der Waals surface area contributed by atoms with Crippen LogP contribution in [0.1, 0.15) is 0 Å². The zero-order valence-corrected chi connectivity index (χ0v) is 11.2. The van der Waals surface area contributed by atoms with E-state index < -0.39 is 8.46 Å². The van der Waals surface area contributed by atoms with Gasteiger partial charge in [-0.2, -0.15) is 0 Å². The van der Waals surface area contributed by atoms with Gasteiger partial charge in [-0.05, 0) is 59.1 Å². The number of rotatable bonds is 0. The number of halogens is 3. The van der Waals surface area contributed by atoms with Gasteiger partial charge in [0.1, 0.15) is 0 Å². The molecule has 2 aromatic rings. The molecule has 1 aliphatic heterocycles. The molecule has 1 heterocycles. The van der Waals surface area contributed by atoms with E-state index in [1.54, 1.807) is 0 Å². The van der Waals surface area contributed by atoms with Crippen LogP contribution in [0.3, 0.4) is 0 Å². The minimum atomic E-state index is -1.93. The first kappa shape index (κ1) is 10.8. The Bertz CT molecular complexity index is 578. The topological polar surface area (TPSA) is 0 Å². The Balaban J connectivity index is 2.39. The third-order valence-corrected chi connectivity index (χ3v) is 6.70. The monoisotopic (exact) mass is 288 g/mol. The van der Waals surface area contributed by atoms with Crippen molar-refractivity contribution in [1.29, 1.82) is 0 Å². The predicted molar refractivity (Wildman–Crippen MR) is 72.7 cm³/mol. The summed E-state index contributed by atoms with van der Waals surface area (Å²) in [6.07, 6.45) is 0. The summed E-state index contributed by atoms with van der Waals surface area (Å²) in [6, 6.07) is 13.7. The zero-order chi connectivity index (χ0) is 11.3. The summed E-state index contributed by atoms with van der Waals surface area (Å²) in [7, 11) is 11.1. The normalized spacial score (nSPS) is 17.7. The quantitative estimate of drug-likeness (QED) is 0.570. The van der Waals surface area contributed by atoms with Gasteiger partial charge in [0.05, 0.1) is 0 Å². The lowest BCUT2D eigenvalue weighted by atomic mass is 10.1. The summed E-state index contributed by atoms with van der Waals surface area (Å²) in [5.74, 6) is 0. The van der Waals surface area contributed by atoms with Crippen molar-refractivity contribution < 1.29 is 0 Å². The van der Waals surface area contributed by atoms with Crippen LogP contribution in [-0.2, 0) is 0 Å². The van der Waals surface area contributed by atoms with E-state index in [1.165, 1.54) is 0 Å². The van der Waals surface area contributed by atoms with E-state index in [0.29, 0.717) is 5.02 Å². The molecule has 0 saturated carbocycles. The fourth-order valence-electron chi connectivity index (χ4n) is 1.96. The van der Waals surface area contributed by atoms with E-state index in [-0.39, 0.29) is 0 Å². The van der Waals surface area contributed by atoms with E-state index in [4.69, 9.17) is 33.0 Å². The van der Waals surface area contributed by atoms with Gasteiger partial charge in [0.15, 0.2) is 0 Å². The molecule has 0 unspecified atom stereocenters. The highest BCUT2D eigenvalue weighted by Crippen LogP contribution is 2.78. The van der Waals surface area contributed by atoms with Crippen LogP contribution in [0.25, 0.3) is 11.1 Å². The second kappa shape index (κ2) is 3.58. The highest BCUT2D eigenvalue weighted by atomic mass is 36.0. The lowest BCUT2D eigenvalue weighted by molar-refractivity contribution is 1.45. The van der Waals surface area contributed by atoms with Crippen LogP contribution in [0.4, 0.5) is 0 Å². The molecular formula is C12H7Cl3S. The largest absolute Gasteiger partial charge is 0.0843 e. The summed E-state index contributed by atoms with van der Waals surface area (Å²) >= 11 is 5.99. The molecule has 16 heavy (non-hydrogen) atoms. The lowest BCUT2D eigenvalue weighted by Crippen LogP contribution is -1.79. The average Bonchev–Trinajstić information content (AvgIpc) is 2.49. The molecule has 0 aromatic heterocycles. The van der Waals surface area contributed by atoms with Crippen molar-refractivity contribution in [3.8, 4) is 11.1 Å². The molecule has 82 valence electrons. The Labute approximate surface area is 109 Å². The molecule has 0 amide bonds. The van der Waals surface area contributed by atoms with Crippen LogP contribution in [-0.4, -0.2) is 0 Å². The molecule has 0 fully saturated rings. The third kappa shape index (κ3) is 1.39. The molecule has 0 radical (unpaired) electrons. The Morgan fingerprint density at radius 3 is 2.31 bits per heavy atom. The molecule has 0 N–H and O–H groups in total. The van der Waals surface area contributed by atoms with Gasteiger partial charge in [-0.15, -0.1) is 0 Å². The Morgan fingerprint density at radius 2 is 1.50 bits per heavy atom. The zero-order valence-electron chi connectivity index (χ0n) is 8.08. The van der Waals surface area contributed by atoms with Crippen molar-refractivity contribution >= 4 is 41.4 Å². The van der Waals surface area contributed by atoms with Gasteiger partial charge in [-0.1, -0.05) is 35.9 Å². The first-order chi connectivity index (χ1) is 7.60. The first-order valence-electron chi connectivity index (χ1n) is 4.72. The SMILES string of the molecule is Clc1ccc2c(c1)S(Cl)(Cl)c1ccccc1-2. The molecule has 1 aliphatic rings. The van der Waals surface area contributed by atoms with Crippen molar-refractivity contribution in [1.82, 2.24) is 0 Å². The van der Waals surface area contributed by atoms with Crippen LogP contribution in [0.5, 0.6) is 0 Å². The molecular weight excluding hydrogens is 283 g/mol. The first-order valence-corrected chi connectivity index (χ1v) is 8.38. The van der Waals surface area contributed by atoms with Gasteiger partial charge in [-0.3, -0.25) is 0 Å². The summed E-state index contributed by atoms with van der Waals surface area (Å²) in [5.41, 5.74) is 2.22. The minimum absolute atomic E-state index is 0.671.